The van der Waals surface area contributed by atoms with Gasteiger partial charge in [-0.05, 0) is 36.4 Å². The zero-order valence-corrected chi connectivity index (χ0v) is 14.7. The van der Waals surface area contributed by atoms with Gasteiger partial charge in [-0.2, -0.15) is 0 Å². The zero-order valence-electron chi connectivity index (χ0n) is 12.3. The van der Waals surface area contributed by atoms with Crippen molar-refractivity contribution >= 4 is 50.2 Å². The van der Waals surface area contributed by atoms with Crippen LogP contribution in [0.2, 0.25) is 0 Å². The molecule has 1 amide bonds. The maximum atomic E-state index is 11.9. The normalized spacial score (nSPS) is 10.7. The number of benzene rings is 2. The highest BCUT2D eigenvalue weighted by Gasteiger charge is 2.04. The molecule has 0 saturated heterocycles. The minimum atomic E-state index is 0.0145. The van der Waals surface area contributed by atoms with Crippen LogP contribution in [-0.2, 0) is 4.79 Å². The van der Waals surface area contributed by atoms with Crippen LogP contribution >= 0.6 is 27.7 Å². The topological polar surface area (TPSA) is 42.0 Å². The lowest BCUT2D eigenvalue weighted by atomic mass is 10.2. The summed E-state index contributed by atoms with van der Waals surface area (Å²) in [6, 6.07) is 19.7. The predicted molar refractivity (Wildman–Crippen MR) is 99.9 cm³/mol. The number of carbonyl (C=O) groups excluding carboxylic acids is 1. The monoisotopic (exact) mass is 386 g/mol. The maximum Gasteiger partial charge on any atom is 0.225 e. The SMILES string of the molecule is O=C(CCSc1ccc2ccccc2n1)Nc1ccc(Br)cc1. The number of amides is 1. The lowest BCUT2D eigenvalue weighted by molar-refractivity contribution is -0.115. The second-order valence-electron chi connectivity index (χ2n) is 5.00. The molecular formula is C18H15BrN2OS. The molecule has 0 bridgehead atoms. The number of fused-ring (bicyclic) bond motifs is 1. The maximum absolute atomic E-state index is 11.9. The molecule has 0 unspecified atom stereocenters. The average molecular weight is 387 g/mol. The van der Waals surface area contributed by atoms with Crippen molar-refractivity contribution < 1.29 is 4.79 Å². The molecule has 3 nitrogen and oxygen atoms in total. The van der Waals surface area contributed by atoms with Gasteiger partial charge in [0.25, 0.3) is 0 Å². The van der Waals surface area contributed by atoms with Crippen LogP contribution in [-0.4, -0.2) is 16.6 Å². The summed E-state index contributed by atoms with van der Waals surface area (Å²) >= 11 is 4.97. The lowest BCUT2D eigenvalue weighted by Gasteiger charge is -2.05. The number of rotatable bonds is 5. The molecule has 3 rings (SSSR count). The van der Waals surface area contributed by atoms with E-state index < -0.39 is 0 Å². The Morgan fingerprint density at radius 2 is 1.83 bits per heavy atom. The van der Waals surface area contributed by atoms with Crippen molar-refractivity contribution in [1.29, 1.82) is 0 Å². The highest BCUT2D eigenvalue weighted by atomic mass is 79.9. The fourth-order valence-electron chi connectivity index (χ4n) is 2.13. The third kappa shape index (κ3) is 4.56. The molecule has 1 N–H and O–H groups in total. The first kappa shape index (κ1) is 16.0. The summed E-state index contributed by atoms with van der Waals surface area (Å²) in [4.78, 5) is 16.5. The fraction of sp³-hybridized carbons (Fsp3) is 0.111. The Labute approximate surface area is 147 Å². The number of aromatic nitrogens is 1. The minimum Gasteiger partial charge on any atom is -0.326 e. The van der Waals surface area contributed by atoms with Crippen LogP contribution in [0.1, 0.15) is 6.42 Å². The zero-order chi connectivity index (χ0) is 16.1. The minimum absolute atomic E-state index is 0.0145. The third-order valence-electron chi connectivity index (χ3n) is 3.28. The Hall–Kier alpha value is -1.85. The van der Waals surface area contributed by atoms with Gasteiger partial charge in [0.2, 0.25) is 5.91 Å². The van der Waals surface area contributed by atoms with E-state index in [1.54, 1.807) is 11.8 Å². The van der Waals surface area contributed by atoms with Gasteiger partial charge in [0.15, 0.2) is 0 Å². The summed E-state index contributed by atoms with van der Waals surface area (Å²) in [6.45, 7) is 0. The van der Waals surface area contributed by atoms with Crippen LogP contribution in [0.3, 0.4) is 0 Å². The van der Waals surface area contributed by atoms with Crippen LogP contribution in [0.4, 0.5) is 5.69 Å². The molecule has 116 valence electrons. The molecule has 0 saturated carbocycles. The summed E-state index contributed by atoms with van der Waals surface area (Å²) in [6.07, 6.45) is 0.454. The first-order chi connectivity index (χ1) is 11.2. The molecule has 23 heavy (non-hydrogen) atoms. The van der Waals surface area contributed by atoms with Gasteiger partial charge in [-0.15, -0.1) is 11.8 Å². The fourth-order valence-corrected chi connectivity index (χ4v) is 3.22. The summed E-state index contributed by atoms with van der Waals surface area (Å²) in [7, 11) is 0. The van der Waals surface area contributed by atoms with Gasteiger partial charge < -0.3 is 5.32 Å². The molecule has 1 heterocycles. The second kappa shape index (κ2) is 7.62. The van der Waals surface area contributed by atoms with E-state index in [9.17, 15) is 4.79 Å². The Morgan fingerprint density at radius 1 is 1.04 bits per heavy atom. The molecule has 0 aliphatic rings. The van der Waals surface area contributed by atoms with Gasteiger partial charge in [0, 0.05) is 27.7 Å². The number of hydrogen-bond acceptors (Lipinski definition) is 3. The molecule has 2 aromatic carbocycles. The summed E-state index contributed by atoms with van der Waals surface area (Å²) in [5.41, 5.74) is 1.80. The number of pyridine rings is 1. The van der Waals surface area contributed by atoms with Crippen molar-refractivity contribution in [1.82, 2.24) is 4.98 Å². The van der Waals surface area contributed by atoms with E-state index in [0.717, 1.165) is 26.1 Å². The van der Waals surface area contributed by atoms with Crippen molar-refractivity contribution in [3.8, 4) is 0 Å². The van der Waals surface area contributed by atoms with Crippen molar-refractivity contribution in [3.05, 3.63) is 65.1 Å². The van der Waals surface area contributed by atoms with E-state index in [0.29, 0.717) is 12.2 Å². The summed E-state index contributed by atoms with van der Waals surface area (Å²) in [5.74, 6) is 0.717. The largest absolute Gasteiger partial charge is 0.326 e. The first-order valence-electron chi connectivity index (χ1n) is 7.25. The quantitative estimate of drug-likeness (QED) is 0.618. The molecule has 0 aliphatic heterocycles. The second-order valence-corrected chi connectivity index (χ2v) is 7.03. The van der Waals surface area contributed by atoms with E-state index in [2.05, 4.69) is 32.3 Å². The van der Waals surface area contributed by atoms with Crippen LogP contribution in [0.25, 0.3) is 10.9 Å². The Kier molecular flexibility index (Phi) is 5.31. The predicted octanol–water partition coefficient (Wildman–Crippen LogP) is 5.12. The average Bonchev–Trinajstić information content (AvgIpc) is 2.57. The van der Waals surface area contributed by atoms with Crippen molar-refractivity contribution in [3.63, 3.8) is 0 Å². The van der Waals surface area contributed by atoms with E-state index in [1.807, 2.05) is 54.6 Å². The number of anilines is 1. The van der Waals surface area contributed by atoms with E-state index in [1.165, 1.54) is 0 Å². The van der Waals surface area contributed by atoms with Crippen LogP contribution in [0, 0.1) is 0 Å². The standard InChI is InChI=1S/C18H15BrN2OS/c19-14-6-8-15(9-7-14)20-17(22)11-12-23-18-10-5-13-3-1-2-4-16(13)21-18/h1-10H,11-12H2,(H,20,22). The van der Waals surface area contributed by atoms with Gasteiger partial charge in [0.05, 0.1) is 10.5 Å². The van der Waals surface area contributed by atoms with Gasteiger partial charge >= 0.3 is 0 Å². The van der Waals surface area contributed by atoms with Gasteiger partial charge in [-0.25, -0.2) is 4.98 Å². The van der Waals surface area contributed by atoms with Gasteiger partial charge in [0.1, 0.15) is 0 Å². The van der Waals surface area contributed by atoms with E-state index in [-0.39, 0.29) is 5.91 Å². The number of carbonyl (C=O) groups is 1. The summed E-state index contributed by atoms with van der Waals surface area (Å²) < 4.78 is 0.994. The number of para-hydroxylation sites is 1. The Morgan fingerprint density at radius 3 is 2.65 bits per heavy atom. The molecule has 5 heteroatoms. The molecule has 0 atom stereocenters. The molecular weight excluding hydrogens is 372 g/mol. The first-order valence-corrected chi connectivity index (χ1v) is 9.02. The Bertz CT molecular complexity index is 821. The van der Waals surface area contributed by atoms with Crippen molar-refractivity contribution in [2.75, 3.05) is 11.1 Å². The molecule has 0 spiro atoms. The van der Waals surface area contributed by atoms with Crippen LogP contribution < -0.4 is 5.32 Å². The third-order valence-corrected chi connectivity index (χ3v) is 4.74. The smallest absolute Gasteiger partial charge is 0.225 e. The van der Waals surface area contributed by atoms with Crippen molar-refractivity contribution in [2.24, 2.45) is 0 Å². The molecule has 0 radical (unpaired) electrons. The van der Waals surface area contributed by atoms with Crippen LogP contribution in [0.5, 0.6) is 0 Å². The number of halogens is 1. The highest BCUT2D eigenvalue weighted by Crippen LogP contribution is 2.21. The van der Waals surface area contributed by atoms with Gasteiger partial charge in [-0.3, -0.25) is 4.79 Å². The van der Waals surface area contributed by atoms with E-state index >= 15 is 0 Å². The van der Waals surface area contributed by atoms with Crippen LogP contribution in [0.15, 0.2) is 70.2 Å². The number of nitrogens with one attached hydrogen (secondary N) is 1. The summed E-state index contributed by atoms with van der Waals surface area (Å²) in [5, 5.41) is 4.97. The van der Waals surface area contributed by atoms with Gasteiger partial charge in [-0.1, -0.05) is 40.2 Å². The number of thioether (sulfide) groups is 1. The lowest BCUT2D eigenvalue weighted by Crippen LogP contribution is -2.12. The van der Waals surface area contributed by atoms with E-state index in [4.69, 9.17) is 0 Å². The molecule has 1 aromatic heterocycles. The highest BCUT2D eigenvalue weighted by molar-refractivity contribution is 9.10. The van der Waals surface area contributed by atoms with Crippen molar-refractivity contribution in [2.45, 2.75) is 11.4 Å². The number of nitrogens with zero attached hydrogens (tertiary/aromatic N) is 1. The Balaban J connectivity index is 1.51. The number of hydrogen-bond donors (Lipinski definition) is 1. The molecule has 0 aliphatic carbocycles. The molecule has 0 fully saturated rings. The molecule has 3 aromatic rings.